The van der Waals surface area contributed by atoms with Crippen molar-refractivity contribution in [2.75, 3.05) is 19.4 Å². The smallest absolute Gasteiger partial charge is 0.130 e. The van der Waals surface area contributed by atoms with Crippen LogP contribution in [-0.4, -0.2) is 24.4 Å². The summed E-state index contributed by atoms with van der Waals surface area (Å²) >= 11 is 1.65. The fourth-order valence-corrected chi connectivity index (χ4v) is 4.77. The molecular weight excluding hydrogens is 429 g/mol. The lowest BCUT2D eigenvalue weighted by Gasteiger charge is -2.17. The molecule has 0 heterocycles. The predicted molar refractivity (Wildman–Crippen MR) is 141 cm³/mol. The van der Waals surface area contributed by atoms with Gasteiger partial charge in [0.25, 0.3) is 0 Å². The van der Waals surface area contributed by atoms with E-state index in [2.05, 4.69) is 51.3 Å². The van der Waals surface area contributed by atoms with E-state index < -0.39 is 5.67 Å². The molecule has 0 amide bonds. The van der Waals surface area contributed by atoms with Crippen LogP contribution in [0.4, 0.5) is 10.1 Å². The van der Waals surface area contributed by atoms with Crippen molar-refractivity contribution in [1.82, 2.24) is 9.03 Å². The van der Waals surface area contributed by atoms with Gasteiger partial charge in [-0.05, 0) is 80.7 Å². The zero-order valence-corrected chi connectivity index (χ0v) is 20.6. The Morgan fingerprint density at radius 3 is 2.39 bits per heavy atom. The van der Waals surface area contributed by atoms with Crippen LogP contribution in [0.15, 0.2) is 73.3 Å². The third-order valence-electron chi connectivity index (χ3n) is 5.97. The molecule has 3 aromatic carbocycles. The number of fused-ring (bicyclic) bond motifs is 1. The highest BCUT2D eigenvalue weighted by Crippen LogP contribution is 2.33. The van der Waals surface area contributed by atoms with Gasteiger partial charge in [0, 0.05) is 35.1 Å². The fraction of sp³-hybridized carbons (Fsp3) is 0.286. The van der Waals surface area contributed by atoms with Crippen molar-refractivity contribution < 1.29 is 4.39 Å². The van der Waals surface area contributed by atoms with E-state index in [9.17, 15) is 4.39 Å². The highest BCUT2D eigenvalue weighted by atomic mass is 32.2. The van der Waals surface area contributed by atoms with Gasteiger partial charge in [-0.2, -0.15) is 0 Å². The zero-order valence-electron chi connectivity index (χ0n) is 19.8. The van der Waals surface area contributed by atoms with Crippen LogP contribution in [0.2, 0.25) is 0 Å². The second-order valence-corrected chi connectivity index (χ2v) is 10.5. The molecule has 0 saturated heterocycles. The lowest BCUT2D eigenvalue weighted by molar-refractivity contribution is 0.221. The molecule has 1 aliphatic rings. The molecule has 172 valence electrons. The second kappa shape index (κ2) is 9.72. The van der Waals surface area contributed by atoms with E-state index in [0.717, 1.165) is 40.9 Å². The number of alkyl halides is 1. The molecule has 0 bridgehead atoms. The molecule has 3 aromatic rings. The summed E-state index contributed by atoms with van der Waals surface area (Å²) in [6, 6.07) is 22.9. The quantitative estimate of drug-likeness (QED) is 0.360. The van der Waals surface area contributed by atoms with E-state index in [1.165, 1.54) is 11.1 Å². The van der Waals surface area contributed by atoms with E-state index in [1.807, 2.05) is 50.5 Å². The largest absolute Gasteiger partial charge is 0.355 e. The Kier molecular flexibility index (Phi) is 6.94. The summed E-state index contributed by atoms with van der Waals surface area (Å²) < 4.78 is 19.9. The Bertz CT molecular complexity index is 1130. The zero-order chi connectivity index (χ0) is 23.6. The second-order valence-electron chi connectivity index (χ2n) is 9.31. The number of nitrogens with one attached hydrogen (secondary N) is 2. The molecule has 0 radical (unpaired) electrons. The van der Waals surface area contributed by atoms with Crippen LogP contribution >= 0.6 is 12.1 Å². The number of rotatable bonds is 8. The van der Waals surface area contributed by atoms with Crippen molar-refractivity contribution in [1.29, 1.82) is 0 Å². The number of hydrogen-bond acceptors (Lipinski definition) is 4. The summed E-state index contributed by atoms with van der Waals surface area (Å²) in [5, 5.41) is 3.51. The summed E-state index contributed by atoms with van der Waals surface area (Å²) in [5.41, 5.74) is 7.15. The first-order valence-electron chi connectivity index (χ1n) is 11.3. The van der Waals surface area contributed by atoms with Gasteiger partial charge in [0.1, 0.15) is 5.67 Å². The van der Waals surface area contributed by atoms with Crippen LogP contribution in [0.3, 0.4) is 0 Å². The third kappa shape index (κ3) is 5.67. The maximum Gasteiger partial charge on any atom is 0.130 e. The number of benzene rings is 3. The predicted octanol–water partition coefficient (Wildman–Crippen LogP) is 6.82. The van der Waals surface area contributed by atoms with Gasteiger partial charge in [-0.15, -0.1) is 0 Å². The first-order chi connectivity index (χ1) is 15.7. The van der Waals surface area contributed by atoms with E-state index in [4.69, 9.17) is 0 Å². The average molecular weight is 462 g/mol. The van der Waals surface area contributed by atoms with Gasteiger partial charge in [-0.3, -0.25) is 0 Å². The molecule has 5 heteroatoms. The number of nitrogens with zero attached hydrogens (tertiary/aromatic N) is 1. The number of halogens is 1. The number of hydrogen-bond donors (Lipinski definition) is 2. The Morgan fingerprint density at radius 2 is 1.70 bits per heavy atom. The van der Waals surface area contributed by atoms with Gasteiger partial charge in [-0.25, -0.2) is 13.4 Å². The maximum absolute atomic E-state index is 14.3. The fourth-order valence-electron chi connectivity index (χ4n) is 4.24. The minimum atomic E-state index is -1.35. The first kappa shape index (κ1) is 23.6. The lowest BCUT2D eigenvalue weighted by atomic mass is 9.94. The Labute approximate surface area is 201 Å². The highest BCUT2D eigenvalue weighted by Gasteiger charge is 2.22. The molecule has 4 rings (SSSR count). The minimum Gasteiger partial charge on any atom is -0.355 e. The van der Waals surface area contributed by atoms with Crippen molar-refractivity contribution in [2.45, 2.75) is 38.4 Å². The van der Waals surface area contributed by atoms with Gasteiger partial charge in [0.15, 0.2) is 0 Å². The SMILES string of the molecule is C=C(Nc1ccc2c(c1)CC(NSN(C)C)C2)c1ccccc1-c1ccc(C(C)(C)F)cc1. The minimum absolute atomic E-state index is 0.448. The normalized spacial score (nSPS) is 15.5. The molecule has 0 fully saturated rings. The van der Waals surface area contributed by atoms with Crippen molar-refractivity contribution in [3.05, 3.63) is 95.6 Å². The molecule has 33 heavy (non-hydrogen) atoms. The standard InChI is InChI=1S/C28H32FN3S/c1-19(30-24-15-12-21-16-25(18-22(21)17-24)31-33-32(4)5)26-8-6-7-9-27(26)20-10-13-23(14-11-20)28(2,3)29/h6-15,17,25,30-31H,1,16,18H2,2-5H3. The molecule has 1 atom stereocenters. The maximum atomic E-state index is 14.3. The van der Waals surface area contributed by atoms with E-state index in [-0.39, 0.29) is 0 Å². The topological polar surface area (TPSA) is 27.3 Å². The molecule has 2 N–H and O–H groups in total. The molecule has 0 aromatic heterocycles. The average Bonchev–Trinajstić information content (AvgIpc) is 3.19. The summed E-state index contributed by atoms with van der Waals surface area (Å²) in [5.74, 6) is 0. The highest BCUT2D eigenvalue weighted by molar-refractivity contribution is 7.95. The first-order valence-corrected chi connectivity index (χ1v) is 12.0. The molecule has 1 aliphatic carbocycles. The van der Waals surface area contributed by atoms with Crippen LogP contribution in [0.5, 0.6) is 0 Å². The van der Waals surface area contributed by atoms with Crippen LogP contribution < -0.4 is 10.0 Å². The monoisotopic (exact) mass is 461 g/mol. The van der Waals surface area contributed by atoms with Crippen molar-refractivity contribution >= 4 is 23.5 Å². The van der Waals surface area contributed by atoms with Crippen LogP contribution in [0.1, 0.15) is 36.1 Å². The molecule has 0 saturated carbocycles. The van der Waals surface area contributed by atoms with E-state index >= 15 is 0 Å². The van der Waals surface area contributed by atoms with Gasteiger partial charge in [-0.1, -0.05) is 61.2 Å². The summed E-state index contributed by atoms with van der Waals surface area (Å²) in [4.78, 5) is 0. The summed E-state index contributed by atoms with van der Waals surface area (Å²) in [6.45, 7) is 7.49. The lowest BCUT2D eigenvalue weighted by Crippen LogP contribution is -2.26. The van der Waals surface area contributed by atoms with Gasteiger partial charge in [0.2, 0.25) is 0 Å². The Morgan fingerprint density at radius 1 is 1.00 bits per heavy atom. The van der Waals surface area contributed by atoms with E-state index in [0.29, 0.717) is 11.6 Å². The third-order valence-corrected chi connectivity index (χ3v) is 6.77. The van der Waals surface area contributed by atoms with Gasteiger partial charge < -0.3 is 5.32 Å². The van der Waals surface area contributed by atoms with Crippen molar-refractivity contribution in [2.24, 2.45) is 0 Å². The summed E-state index contributed by atoms with van der Waals surface area (Å²) in [6.07, 6.45) is 2.07. The van der Waals surface area contributed by atoms with E-state index in [1.54, 1.807) is 26.0 Å². The van der Waals surface area contributed by atoms with Gasteiger partial charge in [0.05, 0.1) is 0 Å². The van der Waals surface area contributed by atoms with Gasteiger partial charge >= 0.3 is 0 Å². The molecule has 0 aliphatic heterocycles. The Balaban J connectivity index is 1.50. The van der Waals surface area contributed by atoms with Crippen molar-refractivity contribution in [3.63, 3.8) is 0 Å². The summed E-state index contributed by atoms with van der Waals surface area (Å²) in [7, 11) is 4.09. The van der Waals surface area contributed by atoms with Crippen LogP contribution in [0.25, 0.3) is 16.8 Å². The number of anilines is 1. The molecule has 0 spiro atoms. The van der Waals surface area contributed by atoms with Crippen molar-refractivity contribution in [3.8, 4) is 11.1 Å². The van der Waals surface area contributed by atoms with Crippen LogP contribution in [-0.2, 0) is 18.5 Å². The molecule has 3 nitrogen and oxygen atoms in total. The molecule has 1 unspecified atom stereocenters. The Hall–Kier alpha value is -2.60. The molecular formula is C28H32FN3S. The van der Waals surface area contributed by atoms with Crippen LogP contribution in [0, 0.1) is 0 Å².